The van der Waals surface area contributed by atoms with Crippen LogP contribution in [-0.4, -0.2) is 18.7 Å². The van der Waals surface area contributed by atoms with E-state index in [1.165, 1.54) is 6.92 Å². The highest BCUT2D eigenvalue weighted by Gasteiger charge is 1.96. The number of nitrogens with one attached hydrogen (secondary N) is 1. The Hall–Kier alpha value is -2.08. The third-order valence-electron chi connectivity index (χ3n) is 2.06. The smallest absolute Gasteiger partial charge is 0.217 e. The van der Waals surface area contributed by atoms with E-state index in [0.29, 0.717) is 12.1 Å². The Kier molecular flexibility index (Phi) is 4.28. The van der Waals surface area contributed by atoms with Crippen LogP contribution < -0.4 is 5.32 Å². The van der Waals surface area contributed by atoms with Crippen LogP contribution in [0.2, 0.25) is 0 Å². The van der Waals surface area contributed by atoms with Crippen LogP contribution in [0.15, 0.2) is 18.2 Å². The first-order valence-corrected chi connectivity index (χ1v) is 4.92. The van der Waals surface area contributed by atoms with Crippen molar-refractivity contribution in [3.05, 3.63) is 34.9 Å². The zero-order valence-electron chi connectivity index (χ0n) is 9.33. The van der Waals surface area contributed by atoms with E-state index in [-0.39, 0.29) is 5.91 Å². The summed E-state index contributed by atoms with van der Waals surface area (Å²) in [6.07, 6.45) is 0.823. The SMILES string of the molecule is CC(=O)NCC#Cc1ccc(C=O)c(C)c1. The highest BCUT2D eigenvalue weighted by molar-refractivity contribution is 5.77. The first-order chi connectivity index (χ1) is 7.63. The molecule has 0 radical (unpaired) electrons. The molecule has 0 fully saturated rings. The summed E-state index contributed by atoms with van der Waals surface area (Å²) in [6, 6.07) is 5.38. The Morgan fingerprint density at radius 1 is 1.50 bits per heavy atom. The molecule has 0 bridgehead atoms. The maximum absolute atomic E-state index is 10.6. The Morgan fingerprint density at radius 3 is 2.81 bits per heavy atom. The van der Waals surface area contributed by atoms with Gasteiger partial charge in [0.25, 0.3) is 0 Å². The van der Waals surface area contributed by atoms with Gasteiger partial charge in [0.1, 0.15) is 6.29 Å². The fourth-order valence-corrected chi connectivity index (χ4v) is 1.20. The molecular formula is C13H13NO2. The fourth-order valence-electron chi connectivity index (χ4n) is 1.20. The lowest BCUT2D eigenvalue weighted by atomic mass is 10.1. The summed E-state index contributed by atoms with van der Waals surface area (Å²) in [6.45, 7) is 3.65. The molecule has 0 saturated carbocycles. The molecule has 16 heavy (non-hydrogen) atoms. The van der Waals surface area contributed by atoms with Crippen LogP contribution in [0.5, 0.6) is 0 Å². The van der Waals surface area contributed by atoms with Gasteiger partial charge < -0.3 is 5.32 Å². The molecule has 1 amide bonds. The predicted molar refractivity (Wildman–Crippen MR) is 62.1 cm³/mol. The highest BCUT2D eigenvalue weighted by atomic mass is 16.1. The zero-order chi connectivity index (χ0) is 12.0. The molecule has 1 rings (SSSR count). The summed E-state index contributed by atoms with van der Waals surface area (Å²) in [5.74, 6) is 5.64. The average Bonchev–Trinajstić information content (AvgIpc) is 2.24. The van der Waals surface area contributed by atoms with E-state index in [2.05, 4.69) is 17.2 Å². The van der Waals surface area contributed by atoms with E-state index >= 15 is 0 Å². The number of hydrogen-bond acceptors (Lipinski definition) is 2. The molecule has 0 atom stereocenters. The van der Waals surface area contributed by atoms with Gasteiger partial charge >= 0.3 is 0 Å². The van der Waals surface area contributed by atoms with Gasteiger partial charge in [0.15, 0.2) is 0 Å². The Labute approximate surface area is 94.9 Å². The van der Waals surface area contributed by atoms with Crippen LogP contribution in [-0.2, 0) is 4.79 Å². The third-order valence-corrected chi connectivity index (χ3v) is 2.06. The summed E-state index contributed by atoms with van der Waals surface area (Å²) in [7, 11) is 0. The minimum Gasteiger partial charge on any atom is -0.345 e. The number of hydrogen-bond donors (Lipinski definition) is 1. The van der Waals surface area contributed by atoms with Crippen molar-refractivity contribution in [2.24, 2.45) is 0 Å². The van der Waals surface area contributed by atoms with Crippen LogP contribution in [0.1, 0.15) is 28.4 Å². The molecule has 0 spiro atoms. The summed E-state index contributed by atoms with van der Waals surface area (Å²) in [5.41, 5.74) is 2.42. The predicted octanol–water partition coefficient (Wildman–Crippen LogP) is 1.30. The van der Waals surface area contributed by atoms with Gasteiger partial charge in [-0.2, -0.15) is 0 Å². The van der Waals surface area contributed by atoms with E-state index in [4.69, 9.17) is 0 Å². The van der Waals surface area contributed by atoms with Gasteiger partial charge in [-0.25, -0.2) is 0 Å². The molecule has 3 heteroatoms. The van der Waals surface area contributed by atoms with E-state index in [9.17, 15) is 9.59 Å². The minimum atomic E-state index is -0.0956. The number of carbonyl (C=O) groups is 2. The second-order valence-corrected chi connectivity index (χ2v) is 3.40. The van der Waals surface area contributed by atoms with Gasteiger partial charge in [-0.15, -0.1) is 0 Å². The second-order valence-electron chi connectivity index (χ2n) is 3.40. The Balaban J connectivity index is 2.71. The van der Waals surface area contributed by atoms with Crippen molar-refractivity contribution in [3.8, 4) is 11.8 Å². The Bertz CT molecular complexity index is 467. The normalized spacial score (nSPS) is 8.88. The lowest BCUT2D eigenvalue weighted by Gasteiger charge is -1.98. The highest BCUT2D eigenvalue weighted by Crippen LogP contribution is 2.07. The number of amides is 1. The molecule has 1 aromatic carbocycles. The molecule has 0 saturated heterocycles. The lowest BCUT2D eigenvalue weighted by molar-refractivity contribution is -0.118. The van der Waals surface area contributed by atoms with Gasteiger partial charge in [0, 0.05) is 18.1 Å². The fraction of sp³-hybridized carbons (Fsp3) is 0.231. The Morgan fingerprint density at radius 2 is 2.25 bits per heavy atom. The van der Waals surface area contributed by atoms with Gasteiger partial charge in [-0.1, -0.05) is 17.9 Å². The maximum atomic E-state index is 10.6. The van der Waals surface area contributed by atoms with Crippen molar-refractivity contribution >= 4 is 12.2 Å². The molecule has 0 aliphatic rings. The van der Waals surface area contributed by atoms with Gasteiger partial charge in [0.2, 0.25) is 5.91 Å². The number of aryl methyl sites for hydroxylation is 1. The molecule has 82 valence electrons. The summed E-state index contributed by atoms with van der Waals surface area (Å²) < 4.78 is 0. The summed E-state index contributed by atoms with van der Waals surface area (Å²) >= 11 is 0. The van der Waals surface area contributed by atoms with Crippen molar-refractivity contribution in [1.29, 1.82) is 0 Å². The van der Waals surface area contributed by atoms with Gasteiger partial charge in [-0.05, 0) is 24.6 Å². The lowest BCUT2D eigenvalue weighted by Crippen LogP contribution is -2.19. The topological polar surface area (TPSA) is 46.2 Å². The second kappa shape index (κ2) is 5.72. The van der Waals surface area contributed by atoms with Gasteiger partial charge in [0.05, 0.1) is 6.54 Å². The first kappa shape index (κ1) is 12.0. The largest absolute Gasteiger partial charge is 0.345 e. The van der Waals surface area contributed by atoms with Crippen molar-refractivity contribution in [3.63, 3.8) is 0 Å². The summed E-state index contributed by atoms with van der Waals surface area (Å²) in [4.78, 5) is 21.2. The third kappa shape index (κ3) is 3.58. The monoisotopic (exact) mass is 215 g/mol. The quantitative estimate of drug-likeness (QED) is 0.597. The maximum Gasteiger partial charge on any atom is 0.217 e. The van der Waals surface area contributed by atoms with Crippen molar-refractivity contribution in [2.45, 2.75) is 13.8 Å². The van der Waals surface area contributed by atoms with Gasteiger partial charge in [-0.3, -0.25) is 9.59 Å². The number of aldehydes is 1. The zero-order valence-corrected chi connectivity index (χ0v) is 9.33. The van der Waals surface area contributed by atoms with Crippen molar-refractivity contribution in [2.75, 3.05) is 6.54 Å². The number of rotatable bonds is 2. The van der Waals surface area contributed by atoms with Crippen LogP contribution in [0, 0.1) is 18.8 Å². The van der Waals surface area contributed by atoms with Crippen LogP contribution in [0.4, 0.5) is 0 Å². The molecule has 0 heterocycles. The number of carbonyl (C=O) groups excluding carboxylic acids is 2. The standard InChI is InChI=1S/C13H13NO2/c1-10-8-12(5-6-13(10)9-15)4-3-7-14-11(2)16/h5-6,8-9H,7H2,1-2H3,(H,14,16). The molecule has 0 aromatic heterocycles. The molecular weight excluding hydrogens is 202 g/mol. The molecule has 0 aliphatic heterocycles. The van der Waals surface area contributed by atoms with Crippen LogP contribution in [0.25, 0.3) is 0 Å². The first-order valence-electron chi connectivity index (χ1n) is 4.92. The average molecular weight is 215 g/mol. The minimum absolute atomic E-state index is 0.0956. The van der Waals surface area contributed by atoms with Crippen LogP contribution in [0.3, 0.4) is 0 Å². The van der Waals surface area contributed by atoms with Crippen molar-refractivity contribution in [1.82, 2.24) is 5.32 Å². The van der Waals surface area contributed by atoms with E-state index in [1.54, 1.807) is 12.1 Å². The number of benzene rings is 1. The summed E-state index contributed by atoms with van der Waals surface area (Å²) in [5, 5.41) is 2.58. The molecule has 0 unspecified atom stereocenters. The molecule has 1 N–H and O–H groups in total. The van der Waals surface area contributed by atoms with E-state index in [1.807, 2.05) is 13.0 Å². The molecule has 3 nitrogen and oxygen atoms in total. The van der Waals surface area contributed by atoms with Crippen molar-refractivity contribution < 1.29 is 9.59 Å². The van der Waals surface area contributed by atoms with E-state index < -0.39 is 0 Å². The van der Waals surface area contributed by atoms with Crippen LogP contribution >= 0.6 is 0 Å². The molecule has 1 aromatic rings. The molecule has 0 aliphatic carbocycles. The van der Waals surface area contributed by atoms with E-state index in [0.717, 1.165) is 17.4 Å².